The summed E-state index contributed by atoms with van der Waals surface area (Å²) in [5.74, 6) is -2.36. The van der Waals surface area contributed by atoms with Crippen LogP contribution in [0.5, 0.6) is 0 Å². The van der Waals surface area contributed by atoms with Crippen LogP contribution in [0.1, 0.15) is 297 Å². The summed E-state index contributed by atoms with van der Waals surface area (Å²) >= 11 is 0. The van der Waals surface area contributed by atoms with Gasteiger partial charge in [0, 0.05) is 19.3 Å². The van der Waals surface area contributed by atoms with Crippen LogP contribution >= 0.6 is 15.6 Å². The van der Waals surface area contributed by atoms with Crippen LogP contribution in [0.4, 0.5) is 0 Å². The van der Waals surface area contributed by atoms with Gasteiger partial charge in [0.25, 0.3) is 0 Å². The fourth-order valence-corrected chi connectivity index (χ4v) is 11.6. The summed E-state index contributed by atoms with van der Waals surface area (Å²) < 4.78 is 68.4. The molecule has 0 aliphatic heterocycles. The second-order valence-corrected chi connectivity index (χ2v) is 28.4. The highest BCUT2D eigenvalue weighted by Gasteiger charge is 2.30. The third kappa shape index (κ3) is 73.3. The van der Waals surface area contributed by atoms with E-state index >= 15 is 0 Å². The van der Waals surface area contributed by atoms with E-state index in [-0.39, 0.29) is 25.7 Å². The second kappa shape index (κ2) is 74.2. The Bertz CT molecular complexity index is 2510. The van der Waals surface area contributed by atoms with Crippen molar-refractivity contribution in [2.45, 2.75) is 316 Å². The lowest BCUT2D eigenvalue weighted by atomic mass is 10.0. The van der Waals surface area contributed by atoms with Gasteiger partial charge in [-0.2, -0.15) is 0 Å². The number of unbranched alkanes of at least 4 members (excludes halogenated alkanes) is 23. The normalized spacial score (nSPS) is 14.7. The van der Waals surface area contributed by atoms with E-state index in [9.17, 15) is 43.2 Å². The van der Waals surface area contributed by atoms with E-state index in [1.165, 1.54) is 51.4 Å². The van der Waals surface area contributed by atoms with Gasteiger partial charge in [0.15, 0.2) is 12.2 Å². The van der Waals surface area contributed by atoms with Gasteiger partial charge in [0.05, 0.1) is 32.8 Å². The molecule has 0 radical (unpaired) electrons. The molecule has 0 aromatic carbocycles. The number of phosphoric ester groups is 2. The Balaban J connectivity index is 5.43. The number of aliphatic hydroxyl groups excluding tert-OH is 1. The molecule has 0 saturated carbocycles. The average Bonchev–Trinajstić information content (AvgIpc) is 0.907. The van der Waals surface area contributed by atoms with Crippen LogP contribution in [0.25, 0.3) is 0 Å². The Hall–Kier alpha value is -5.06. The maximum Gasteiger partial charge on any atom is 0.472 e. The molecular formula is C83H138O17P2. The SMILES string of the molecule is CC/C=C\C/C=C\C/C=C\C/C=C\C/C=C\CC(=O)OC(COC(=O)CCCCCCCC/C=C\C/C=C\C/C=C\C/C=C\CC)COP(=O)(O)OCC(O)COP(=O)(O)OCC(COC(=O)CCCCCCC/C=C\C/C=C\C/C=C\CC)OC(=O)CCCCCCCCCCCCCCC. The zero-order valence-corrected chi connectivity index (χ0v) is 65.3. The first-order valence-corrected chi connectivity index (χ1v) is 42.1. The van der Waals surface area contributed by atoms with Crippen LogP contribution in [0, 0.1) is 0 Å². The number of aliphatic hydroxyl groups is 1. The van der Waals surface area contributed by atoms with Crippen molar-refractivity contribution in [3.8, 4) is 0 Å². The first-order valence-electron chi connectivity index (χ1n) is 39.1. The number of allylic oxidation sites excluding steroid dienone is 23. The first kappa shape index (κ1) is 96.9. The Morgan fingerprint density at radius 3 is 0.873 bits per heavy atom. The van der Waals surface area contributed by atoms with E-state index in [0.29, 0.717) is 25.7 Å². The molecule has 0 spiro atoms. The summed E-state index contributed by atoms with van der Waals surface area (Å²) in [4.78, 5) is 72.9. The number of carbonyl (C=O) groups is 4. The molecule has 0 aliphatic rings. The van der Waals surface area contributed by atoms with Crippen molar-refractivity contribution in [1.29, 1.82) is 0 Å². The summed E-state index contributed by atoms with van der Waals surface area (Å²) in [6.07, 6.45) is 84.3. The minimum atomic E-state index is -5.01. The summed E-state index contributed by atoms with van der Waals surface area (Å²) in [5, 5.41) is 10.6. The molecule has 0 bridgehead atoms. The van der Waals surface area contributed by atoms with Gasteiger partial charge >= 0.3 is 39.5 Å². The Morgan fingerprint density at radius 2 is 0.549 bits per heavy atom. The quantitative estimate of drug-likeness (QED) is 0.0169. The zero-order chi connectivity index (χ0) is 74.6. The standard InChI is InChI=1S/C83H138O17P2/c1-5-9-13-17-21-25-29-33-36-37-38-39-42-45-48-52-56-60-64-68-81(86)94-74-79(100-83(88)70-66-62-58-54-50-46-41-35-31-27-23-19-15-11-7-3)76-98-102(91,92)96-72-77(84)71-95-101(89,90)97-75-78(99-82(87)69-65-61-57-53-49-43-32-28-24-20-16-12-8-4)73-93-80(85)67-63-59-55-51-47-44-40-34-30-26-22-18-14-10-6-2/h9-11,13-15,21-23,25-27,33-36,38-41,50,54,62,66,77-79,84H,5-8,12,16-20,24,28-32,37,42-49,51-53,55-61,63-65,67-76H2,1-4H3,(H,89,90)(H,91,92)/b13-9-,14-10-,15-11-,25-21-,26-22-,27-23-,36-33-,39-38-,40-34-,41-35-,54-50-,66-62-. The van der Waals surface area contributed by atoms with Gasteiger partial charge in [0.2, 0.25) is 0 Å². The van der Waals surface area contributed by atoms with Crippen LogP contribution < -0.4 is 0 Å². The highest BCUT2D eigenvalue weighted by atomic mass is 31.2. The molecule has 102 heavy (non-hydrogen) atoms. The van der Waals surface area contributed by atoms with Crippen molar-refractivity contribution < 1.29 is 80.2 Å². The Labute approximate surface area is 617 Å². The second-order valence-electron chi connectivity index (χ2n) is 25.5. The highest BCUT2D eigenvalue weighted by Crippen LogP contribution is 2.45. The van der Waals surface area contributed by atoms with Crippen LogP contribution in [0.3, 0.4) is 0 Å². The largest absolute Gasteiger partial charge is 0.472 e. The average molecular weight is 1470 g/mol. The minimum Gasteiger partial charge on any atom is -0.462 e. The van der Waals surface area contributed by atoms with Crippen molar-refractivity contribution in [2.75, 3.05) is 39.6 Å². The van der Waals surface area contributed by atoms with Gasteiger partial charge < -0.3 is 33.8 Å². The lowest BCUT2D eigenvalue weighted by molar-refractivity contribution is -0.161. The van der Waals surface area contributed by atoms with E-state index in [1.54, 1.807) is 12.2 Å². The molecule has 3 N–H and O–H groups in total. The monoisotopic (exact) mass is 1470 g/mol. The predicted octanol–water partition coefficient (Wildman–Crippen LogP) is 22.7. The van der Waals surface area contributed by atoms with E-state index in [1.807, 2.05) is 12.2 Å². The molecular weight excluding hydrogens is 1330 g/mol. The summed E-state index contributed by atoms with van der Waals surface area (Å²) in [6.45, 7) is 4.39. The third-order valence-corrected chi connectivity index (χ3v) is 17.7. The molecule has 17 nitrogen and oxygen atoms in total. The summed E-state index contributed by atoms with van der Waals surface area (Å²) in [7, 11) is -10.00. The van der Waals surface area contributed by atoms with Gasteiger partial charge in [0.1, 0.15) is 19.3 Å². The van der Waals surface area contributed by atoms with Crippen LogP contribution in [0.15, 0.2) is 146 Å². The number of ether oxygens (including phenoxy) is 4. The molecule has 0 amide bonds. The van der Waals surface area contributed by atoms with Gasteiger partial charge in [-0.3, -0.25) is 37.3 Å². The Kier molecular flexibility index (Phi) is 70.5. The van der Waals surface area contributed by atoms with Crippen molar-refractivity contribution in [3.05, 3.63) is 146 Å². The first-order chi connectivity index (χ1) is 49.7. The van der Waals surface area contributed by atoms with E-state index < -0.39 is 97.5 Å². The number of phosphoric acid groups is 2. The summed E-state index contributed by atoms with van der Waals surface area (Å²) in [5.41, 5.74) is 0. The number of hydrogen-bond donors (Lipinski definition) is 3. The van der Waals surface area contributed by atoms with E-state index in [2.05, 4.69) is 149 Å². The number of rotatable bonds is 72. The van der Waals surface area contributed by atoms with Crippen molar-refractivity contribution in [1.82, 2.24) is 0 Å². The molecule has 0 fully saturated rings. The van der Waals surface area contributed by atoms with E-state index in [0.717, 1.165) is 167 Å². The molecule has 0 aliphatic carbocycles. The van der Waals surface area contributed by atoms with Gasteiger partial charge in [-0.25, -0.2) is 9.13 Å². The van der Waals surface area contributed by atoms with Gasteiger partial charge in [-0.05, 0) is 122 Å². The predicted molar refractivity (Wildman–Crippen MR) is 417 cm³/mol. The molecule has 0 aromatic heterocycles. The van der Waals surface area contributed by atoms with Gasteiger partial charge in [-0.1, -0.05) is 296 Å². The lowest BCUT2D eigenvalue weighted by Crippen LogP contribution is -2.30. The maximum absolute atomic E-state index is 13.1. The maximum atomic E-state index is 13.1. The molecule has 19 heteroatoms. The van der Waals surface area contributed by atoms with Crippen LogP contribution in [-0.2, 0) is 65.4 Å². The zero-order valence-electron chi connectivity index (χ0n) is 63.5. The molecule has 5 atom stereocenters. The molecule has 5 unspecified atom stereocenters. The van der Waals surface area contributed by atoms with E-state index in [4.69, 9.17) is 37.0 Å². The molecule has 0 aromatic rings. The van der Waals surface area contributed by atoms with Crippen LogP contribution in [-0.4, -0.2) is 96.7 Å². The number of carbonyl (C=O) groups excluding carboxylic acids is 4. The van der Waals surface area contributed by atoms with Gasteiger partial charge in [-0.15, -0.1) is 0 Å². The molecule has 0 heterocycles. The smallest absolute Gasteiger partial charge is 0.462 e. The molecule has 0 rings (SSSR count). The topological polar surface area (TPSA) is 237 Å². The van der Waals surface area contributed by atoms with Crippen molar-refractivity contribution >= 4 is 39.5 Å². The lowest BCUT2D eigenvalue weighted by Gasteiger charge is -2.21. The fourth-order valence-electron chi connectivity index (χ4n) is 10.0. The Morgan fingerprint density at radius 1 is 0.294 bits per heavy atom. The van der Waals surface area contributed by atoms with Crippen molar-refractivity contribution in [2.24, 2.45) is 0 Å². The van der Waals surface area contributed by atoms with Crippen LogP contribution in [0.2, 0.25) is 0 Å². The minimum absolute atomic E-state index is 0.0881. The summed E-state index contributed by atoms with van der Waals surface area (Å²) in [6, 6.07) is 0. The molecule has 0 saturated heterocycles. The van der Waals surface area contributed by atoms with Crippen molar-refractivity contribution in [3.63, 3.8) is 0 Å². The number of esters is 4. The highest BCUT2D eigenvalue weighted by molar-refractivity contribution is 7.47. The molecule has 582 valence electrons. The number of hydrogen-bond acceptors (Lipinski definition) is 15. The third-order valence-electron chi connectivity index (χ3n) is 15.8. The fraction of sp³-hybridized carbons (Fsp3) is 0.663.